The van der Waals surface area contributed by atoms with Crippen LogP contribution in [0.2, 0.25) is 0 Å². The summed E-state index contributed by atoms with van der Waals surface area (Å²) >= 11 is 0. The van der Waals surface area contributed by atoms with E-state index < -0.39 is 44.1 Å². The van der Waals surface area contributed by atoms with E-state index >= 15 is 0 Å². The summed E-state index contributed by atoms with van der Waals surface area (Å²) in [5.41, 5.74) is 0. The molecule has 0 unspecified atom stereocenters. The number of carbonyl (C=O) groups excluding carboxylic acids is 3. The van der Waals surface area contributed by atoms with Gasteiger partial charge in [-0.15, -0.1) is 0 Å². The van der Waals surface area contributed by atoms with Crippen LogP contribution in [0.15, 0.2) is 0 Å². The molecule has 0 saturated heterocycles. The minimum Gasteiger partial charge on any atom is -0.466 e. The van der Waals surface area contributed by atoms with Gasteiger partial charge in [-0.2, -0.15) is 0 Å². The normalized spacial score (nSPS) is 12.4. The molecular formula is C10H18NO8P. The molecule has 0 fully saturated rings. The lowest BCUT2D eigenvalue weighted by atomic mass is 10.2. The molecule has 0 aromatic rings. The van der Waals surface area contributed by atoms with Crippen molar-refractivity contribution in [3.05, 3.63) is 0 Å². The van der Waals surface area contributed by atoms with Crippen LogP contribution in [0, 0.1) is 0 Å². The largest absolute Gasteiger partial charge is 0.466 e. The SMILES string of the molecule is CCOC(=O)C[C@H](NC(=O)CP(=O)(O)O)C(=O)OCC. The van der Waals surface area contributed by atoms with Gasteiger partial charge >= 0.3 is 19.5 Å². The summed E-state index contributed by atoms with van der Waals surface area (Å²) in [5, 5.41) is 2.04. The van der Waals surface area contributed by atoms with Crippen LogP contribution in [-0.2, 0) is 28.4 Å². The summed E-state index contributed by atoms with van der Waals surface area (Å²) in [7, 11) is -4.55. The molecule has 20 heavy (non-hydrogen) atoms. The van der Waals surface area contributed by atoms with Gasteiger partial charge in [-0.3, -0.25) is 14.2 Å². The van der Waals surface area contributed by atoms with Gasteiger partial charge in [0.25, 0.3) is 0 Å². The topological polar surface area (TPSA) is 139 Å². The number of nitrogens with one attached hydrogen (secondary N) is 1. The first-order valence-electron chi connectivity index (χ1n) is 5.85. The van der Waals surface area contributed by atoms with E-state index in [4.69, 9.17) is 9.79 Å². The predicted molar refractivity (Wildman–Crippen MR) is 66.7 cm³/mol. The molecule has 0 rings (SSSR count). The van der Waals surface area contributed by atoms with Gasteiger partial charge in [-0.1, -0.05) is 0 Å². The number of rotatable bonds is 8. The Morgan fingerprint density at radius 2 is 1.70 bits per heavy atom. The lowest BCUT2D eigenvalue weighted by Gasteiger charge is -2.16. The zero-order valence-electron chi connectivity index (χ0n) is 11.2. The van der Waals surface area contributed by atoms with Crippen molar-refractivity contribution in [3.63, 3.8) is 0 Å². The maximum Gasteiger partial charge on any atom is 0.334 e. The molecular weight excluding hydrogens is 293 g/mol. The summed E-state index contributed by atoms with van der Waals surface area (Å²) in [5.74, 6) is -2.66. The number of carbonyl (C=O) groups is 3. The number of hydrogen-bond acceptors (Lipinski definition) is 6. The Balaban J connectivity index is 4.68. The van der Waals surface area contributed by atoms with Gasteiger partial charge in [-0.05, 0) is 13.8 Å². The summed E-state index contributed by atoms with van der Waals surface area (Å²) in [6, 6.07) is -1.34. The summed E-state index contributed by atoms with van der Waals surface area (Å²) < 4.78 is 20.0. The first-order valence-corrected chi connectivity index (χ1v) is 7.65. The van der Waals surface area contributed by atoms with Gasteiger partial charge < -0.3 is 24.6 Å². The molecule has 1 amide bonds. The maximum atomic E-state index is 11.5. The van der Waals surface area contributed by atoms with Crippen molar-refractivity contribution in [2.24, 2.45) is 0 Å². The molecule has 116 valence electrons. The first kappa shape index (κ1) is 18.6. The molecule has 9 nitrogen and oxygen atoms in total. The molecule has 0 aliphatic heterocycles. The van der Waals surface area contributed by atoms with Crippen molar-refractivity contribution >= 4 is 25.4 Å². The van der Waals surface area contributed by atoms with E-state index in [0.717, 1.165) is 0 Å². The Morgan fingerprint density at radius 1 is 1.15 bits per heavy atom. The Kier molecular flexibility index (Phi) is 8.05. The lowest BCUT2D eigenvalue weighted by molar-refractivity contribution is -0.153. The Morgan fingerprint density at radius 3 is 2.15 bits per heavy atom. The first-order chi connectivity index (χ1) is 9.19. The standard InChI is InChI=1S/C10H18NO8P/c1-3-18-9(13)5-7(10(14)19-4-2)11-8(12)6-20(15,16)17/h7H,3-6H2,1-2H3,(H,11,12)(H2,15,16,17)/t7-/m0/s1. The van der Waals surface area contributed by atoms with Gasteiger partial charge in [0.2, 0.25) is 5.91 Å². The Labute approximate surface area is 115 Å². The van der Waals surface area contributed by atoms with E-state index in [1.54, 1.807) is 6.92 Å². The van der Waals surface area contributed by atoms with Gasteiger partial charge in [0.1, 0.15) is 12.2 Å². The zero-order chi connectivity index (χ0) is 15.8. The molecule has 0 aromatic carbocycles. The van der Waals surface area contributed by atoms with Gasteiger partial charge in [0.05, 0.1) is 19.6 Å². The van der Waals surface area contributed by atoms with Crippen molar-refractivity contribution < 1.29 is 38.2 Å². The number of esters is 2. The minimum atomic E-state index is -4.55. The molecule has 10 heteroatoms. The van der Waals surface area contributed by atoms with Crippen molar-refractivity contribution in [2.75, 3.05) is 19.4 Å². The Hall–Kier alpha value is -1.44. The van der Waals surface area contributed by atoms with E-state index in [9.17, 15) is 18.9 Å². The molecule has 0 bridgehead atoms. The van der Waals surface area contributed by atoms with Crippen LogP contribution in [0.5, 0.6) is 0 Å². The van der Waals surface area contributed by atoms with Crippen LogP contribution in [0.1, 0.15) is 20.3 Å². The fraction of sp³-hybridized carbons (Fsp3) is 0.700. The monoisotopic (exact) mass is 311 g/mol. The van der Waals surface area contributed by atoms with Crippen molar-refractivity contribution in [3.8, 4) is 0 Å². The fourth-order valence-electron chi connectivity index (χ4n) is 1.25. The van der Waals surface area contributed by atoms with Crippen LogP contribution in [0.25, 0.3) is 0 Å². The molecule has 0 aromatic heterocycles. The lowest BCUT2D eigenvalue weighted by Crippen LogP contribution is -2.44. The minimum absolute atomic E-state index is 0.0342. The summed E-state index contributed by atoms with van der Waals surface area (Å²) in [6.45, 7) is 3.25. The quantitative estimate of drug-likeness (QED) is 0.389. The molecule has 0 spiro atoms. The average molecular weight is 311 g/mol. The van der Waals surface area contributed by atoms with Crippen LogP contribution in [-0.4, -0.2) is 53.1 Å². The zero-order valence-corrected chi connectivity index (χ0v) is 12.1. The number of amides is 1. The smallest absolute Gasteiger partial charge is 0.334 e. The average Bonchev–Trinajstić information content (AvgIpc) is 2.26. The van der Waals surface area contributed by atoms with Crippen LogP contribution >= 0.6 is 7.60 Å². The molecule has 0 aliphatic rings. The van der Waals surface area contributed by atoms with Crippen LogP contribution < -0.4 is 5.32 Å². The highest BCUT2D eigenvalue weighted by atomic mass is 31.2. The van der Waals surface area contributed by atoms with E-state index in [0.29, 0.717) is 0 Å². The summed E-state index contributed by atoms with van der Waals surface area (Å²) in [4.78, 5) is 51.5. The van der Waals surface area contributed by atoms with Gasteiger partial charge in [-0.25, -0.2) is 4.79 Å². The number of ether oxygens (including phenoxy) is 2. The second-order valence-corrected chi connectivity index (χ2v) is 5.35. The van der Waals surface area contributed by atoms with Crippen LogP contribution in [0.4, 0.5) is 0 Å². The highest BCUT2D eigenvalue weighted by Gasteiger charge is 2.28. The van der Waals surface area contributed by atoms with Crippen LogP contribution in [0.3, 0.4) is 0 Å². The van der Waals surface area contributed by atoms with E-state index in [1.165, 1.54) is 6.92 Å². The second kappa shape index (κ2) is 8.68. The maximum absolute atomic E-state index is 11.5. The van der Waals surface area contributed by atoms with E-state index in [2.05, 4.69) is 9.47 Å². The van der Waals surface area contributed by atoms with E-state index in [-0.39, 0.29) is 13.2 Å². The fourth-order valence-corrected chi connectivity index (χ4v) is 1.72. The molecule has 0 heterocycles. The van der Waals surface area contributed by atoms with E-state index in [1.807, 2.05) is 5.32 Å². The third kappa shape index (κ3) is 8.63. The molecule has 0 saturated carbocycles. The van der Waals surface area contributed by atoms with Gasteiger partial charge in [0, 0.05) is 0 Å². The highest BCUT2D eigenvalue weighted by Crippen LogP contribution is 2.33. The number of hydrogen-bond donors (Lipinski definition) is 3. The molecule has 3 N–H and O–H groups in total. The second-order valence-electron chi connectivity index (χ2n) is 3.70. The predicted octanol–water partition coefficient (Wildman–Crippen LogP) is -0.835. The van der Waals surface area contributed by atoms with Crippen molar-refractivity contribution in [2.45, 2.75) is 26.3 Å². The highest BCUT2D eigenvalue weighted by molar-refractivity contribution is 7.52. The van der Waals surface area contributed by atoms with Crippen molar-refractivity contribution in [1.82, 2.24) is 5.32 Å². The Bertz CT molecular complexity index is 404. The van der Waals surface area contributed by atoms with Gasteiger partial charge in [0.15, 0.2) is 0 Å². The summed E-state index contributed by atoms with van der Waals surface area (Å²) in [6.07, 6.45) is -1.55. The van der Waals surface area contributed by atoms with Crippen molar-refractivity contribution in [1.29, 1.82) is 0 Å². The molecule has 0 aliphatic carbocycles. The molecule has 1 atom stereocenters. The molecule has 0 radical (unpaired) electrons. The third-order valence-electron chi connectivity index (χ3n) is 1.93. The third-order valence-corrected chi connectivity index (χ3v) is 2.63.